The number of esters is 1. The molecule has 0 saturated heterocycles. The van der Waals surface area contributed by atoms with Crippen molar-refractivity contribution in [2.24, 2.45) is 11.8 Å². The Bertz CT molecular complexity index is 212. The molecule has 0 unspecified atom stereocenters. The van der Waals surface area contributed by atoms with Crippen LogP contribution in [0, 0.1) is 11.8 Å². The molecule has 2 rings (SSSR count). The average Bonchev–Trinajstić information content (AvgIpc) is 2.42. The second kappa shape index (κ2) is 2.48. The van der Waals surface area contributed by atoms with Crippen molar-refractivity contribution < 1.29 is 9.53 Å². The molecule has 12 heavy (non-hydrogen) atoms. The van der Waals surface area contributed by atoms with Gasteiger partial charge in [0.2, 0.25) is 0 Å². The molecule has 0 amide bonds. The van der Waals surface area contributed by atoms with Gasteiger partial charge in [-0.3, -0.25) is 4.79 Å². The molecular weight excluding hydrogens is 152 g/mol. The van der Waals surface area contributed by atoms with Crippen molar-refractivity contribution in [3.63, 3.8) is 0 Å². The average molecular weight is 168 g/mol. The zero-order valence-electron chi connectivity index (χ0n) is 7.80. The first-order valence-electron chi connectivity index (χ1n) is 4.80. The van der Waals surface area contributed by atoms with Gasteiger partial charge in [0.1, 0.15) is 5.60 Å². The molecule has 0 heterocycles. The van der Waals surface area contributed by atoms with Crippen molar-refractivity contribution in [1.29, 1.82) is 0 Å². The van der Waals surface area contributed by atoms with Gasteiger partial charge >= 0.3 is 5.97 Å². The summed E-state index contributed by atoms with van der Waals surface area (Å²) in [5, 5.41) is 0. The van der Waals surface area contributed by atoms with E-state index in [9.17, 15) is 4.79 Å². The minimum absolute atomic E-state index is 0.116. The van der Waals surface area contributed by atoms with Crippen molar-refractivity contribution in [2.45, 2.75) is 45.1 Å². The van der Waals surface area contributed by atoms with Crippen LogP contribution in [0.4, 0.5) is 0 Å². The van der Waals surface area contributed by atoms with Crippen molar-refractivity contribution in [2.75, 3.05) is 0 Å². The Morgan fingerprint density at radius 2 is 2.25 bits per heavy atom. The number of rotatable bonds is 1. The van der Waals surface area contributed by atoms with E-state index >= 15 is 0 Å². The summed E-state index contributed by atoms with van der Waals surface area (Å²) in [6.07, 6.45) is 4.98. The molecule has 0 spiro atoms. The van der Waals surface area contributed by atoms with E-state index in [-0.39, 0.29) is 11.6 Å². The highest BCUT2D eigenvalue weighted by Gasteiger charge is 2.50. The largest absolute Gasteiger partial charge is 0.459 e. The standard InChI is InChI=1S/C10H16O2/c1-7(11)12-10(2)6-8-3-4-9(10)5-8/h8-9H,3-6H2,1-2H3/t8-,9+,10+/m0/s1. The van der Waals surface area contributed by atoms with Gasteiger partial charge in [-0.15, -0.1) is 0 Å². The fourth-order valence-electron chi connectivity index (χ4n) is 3.01. The molecule has 0 radical (unpaired) electrons. The number of ether oxygens (including phenoxy) is 1. The van der Waals surface area contributed by atoms with Crippen LogP contribution in [-0.4, -0.2) is 11.6 Å². The zero-order valence-corrected chi connectivity index (χ0v) is 7.80. The molecule has 68 valence electrons. The highest BCUT2D eigenvalue weighted by atomic mass is 16.6. The normalized spacial score (nSPS) is 44.8. The lowest BCUT2D eigenvalue weighted by atomic mass is 9.86. The van der Waals surface area contributed by atoms with Gasteiger partial charge < -0.3 is 4.74 Å². The molecule has 0 aromatic rings. The molecule has 2 bridgehead atoms. The number of hydrogen-bond donors (Lipinski definition) is 0. The fourth-order valence-corrected chi connectivity index (χ4v) is 3.01. The first kappa shape index (κ1) is 8.09. The third-order valence-corrected chi connectivity index (χ3v) is 3.48. The second-order valence-electron chi connectivity index (χ2n) is 4.49. The predicted octanol–water partition coefficient (Wildman–Crippen LogP) is 2.13. The van der Waals surface area contributed by atoms with Gasteiger partial charge in [0.05, 0.1) is 0 Å². The Labute approximate surface area is 73.3 Å². The van der Waals surface area contributed by atoms with Crippen LogP contribution in [0.2, 0.25) is 0 Å². The van der Waals surface area contributed by atoms with E-state index in [0.29, 0.717) is 5.92 Å². The summed E-state index contributed by atoms with van der Waals surface area (Å²) < 4.78 is 5.39. The number of carbonyl (C=O) groups is 1. The maximum absolute atomic E-state index is 10.9. The van der Waals surface area contributed by atoms with Crippen LogP contribution < -0.4 is 0 Å². The summed E-state index contributed by atoms with van der Waals surface area (Å²) in [7, 11) is 0. The van der Waals surface area contributed by atoms with Gasteiger partial charge in [0.25, 0.3) is 0 Å². The predicted molar refractivity (Wildman–Crippen MR) is 45.6 cm³/mol. The number of carbonyl (C=O) groups excluding carboxylic acids is 1. The summed E-state index contributed by atoms with van der Waals surface area (Å²) in [6.45, 7) is 3.61. The van der Waals surface area contributed by atoms with Crippen LogP contribution >= 0.6 is 0 Å². The minimum atomic E-state index is -0.120. The third-order valence-electron chi connectivity index (χ3n) is 3.48. The molecule has 0 aromatic heterocycles. The van der Waals surface area contributed by atoms with E-state index in [1.165, 1.54) is 26.2 Å². The number of fused-ring (bicyclic) bond motifs is 2. The minimum Gasteiger partial charge on any atom is -0.459 e. The van der Waals surface area contributed by atoms with Crippen molar-refractivity contribution >= 4 is 5.97 Å². The SMILES string of the molecule is CC(=O)O[C@]1(C)C[C@H]2CC[C@@H]1C2. The Balaban J connectivity index is 2.07. The Kier molecular flexibility index (Phi) is 1.67. The maximum atomic E-state index is 10.9. The van der Waals surface area contributed by atoms with Crippen molar-refractivity contribution in [3.05, 3.63) is 0 Å². The first-order chi connectivity index (χ1) is 5.60. The summed E-state index contributed by atoms with van der Waals surface area (Å²) in [5.41, 5.74) is -0.116. The lowest BCUT2D eigenvalue weighted by Crippen LogP contribution is -2.36. The van der Waals surface area contributed by atoms with E-state index in [1.54, 1.807) is 0 Å². The summed E-state index contributed by atoms with van der Waals surface area (Å²) in [4.78, 5) is 10.9. The molecule has 2 heteroatoms. The molecule has 2 fully saturated rings. The highest BCUT2D eigenvalue weighted by Crippen LogP contribution is 2.52. The van der Waals surface area contributed by atoms with Gasteiger partial charge in [0, 0.05) is 6.92 Å². The molecule has 2 aliphatic carbocycles. The summed E-state index contributed by atoms with van der Waals surface area (Å²) in [6, 6.07) is 0. The quantitative estimate of drug-likeness (QED) is 0.561. The van der Waals surface area contributed by atoms with Crippen LogP contribution in [0.15, 0.2) is 0 Å². The topological polar surface area (TPSA) is 26.3 Å². The van der Waals surface area contributed by atoms with Gasteiger partial charge in [-0.25, -0.2) is 0 Å². The van der Waals surface area contributed by atoms with E-state index < -0.39 is 0 Å². The molecular formula is C10H16O2. The Morgan fingerprint density at radius 3 is 2.67 bits per heavy atom. The molecule has 2 aliphatic rings. The van der Waals surface area contributed by atoms with E-state index in [2.05, 4.69) is 6.92 Å². The lowest BCUT2D eigenvalue weighted by molar-refractivity contribution is -0.160. The fraction of sp³-hybridized carbons (Fsp3) is 0.900. The molecule has 2 saturated carbocycles. The summed E-state index contributed by atoms with van der Waals surface area (Å²) >= 11 is 0. The molecule has 0 aromatic carbocycles. The van der Waals surface area contributed by atoms with E-state index in [1.807, 2.05) is 0 Å². The second-order valence-corrected chi connectivity index (χ2v) is 4.49. The maximum Gasteiger partial charge on any atom is 0.303 e. The van der Waals surface area contributed by atoms with Crippen molar-refractivity contribution in [3.8, 4) is 0 Å². The van der Waals surface area contributed by atoms with Gasteiger partial charge in [-0.05, 0) is 44.4 Å². The highest BCUT2D eigenvalue weighted by molar-refractivity contribution is 5.66. The number of hydrogen-bond acceptors (Lipinski definition) is 2. The van der Waals surface area contributed by atoms with Gasteiger partial charge in [-0.1, -0.05) is 0 Å². The molecule has 2 nitrogen and oxygen atoms in total. The van der Waals surface area contributed by atoms with Crippen molar-refractivity contribution in [1.82, 2.24) is 0 Å². The molecule has 3 atom stereocenters. The van der Waals surface area contributed by atoms with Crippen LogP contribution in [0.3, 0.4) is 0 Å². The van der Waals surface area contributed by atoms with Crippen LogP contribution in [0.25, 0.3) is 0 Å². The smallest absolute Gasteiger partial charge is 0.303 e. The Hall–Kier alpha value is -0.530. The molecule has 0 N–H and O–H groups in total. The van der Waals surface area contributed by atoms with Crippen LogP contribution in [0.1, 0.15) is 39.5 Å². The third kappa shape index (κ3) is 1.13. The Morgan fingerprint density at radius 1 is 1.50 bits per heavy atom. The van der Waals surface area contributed by atoms with Gasteiger partial charge in [-0.2, -0.15) is 0 Å². The van der Waals surface area contributed by atoms with E-state index in [4.69, 9.17) is 4.74 Å². The first-order valence-corrected chi connectivity index (χ1v) is 4.80. The lowest BCUT2D eigenvalue weighted by Gasteiger charge is -2.33. The zero-order chi connectivity index (χ0) is 8.77. The van der Waals surface area contributed by atoms with Crippen LogP contribution in [-0.2, 0) is 9.53 Å². The van der Waals surface area contributed by atoms with Crippen LogP contribution in [0.5, 0.6) is 0 Å². The van der Waals surface area contributed by atoms with E-state index in [0.717, 1.165) is 12.3 Å². The summed E-state index contributed by atoms with van der Waals surface area (Å²) in [5.74, 6) is 1.36. The molecule has 0 aliphatic heterocycles. The van der Waals surface area contributed by atoms with Gasteiger partial charge in [0.15, 0.2) is 0 Å². The monoisotopic (exact) mass is 168 g/mol.